The molecule has 0 aromatic carbocycles. The molecule has 402 valence electrons. The molecule has 0 heterocycles. The molecule has 1 amide bonds. The van der Waals surface area contributed by atoms with Crippen LogP contribution in [-0.2, 0) is 18.4 Å². The predicted octanol–water partition coefficient (Wildman–Crippen LogP) is 17.8. The van der Waals surface area contributed by atoms with Crippen LogP contribution in [0.4, 0.5) is 0 Å². The summed E-state index contributed by atoms with van der Waals surface area (Å²) in [5.41, 5.74) is 0. The van der Waals surface area contributed by atoms with E-state index >= 15 is 0 Å². The largest absolute Gasteiger partial charge is 0.472 e. The number of amides is 1. The number of aliphatic hydroxyl groups is 1. The second-order valence-electron chi connectivity index (χ2n) is 21.4. The summed E-state index contributed by atoms with van der Waals surface area (Å²) in [6.07, 6.45) is 65.4. The predicted molar refractivity (Wildman–Crippen MR) is 295 cm³/mol. The molecule has 0 fully saturated rings. The van der Waals surface area contributed by atoms with E-state index in [0.717, 1.165) is 38.5 Å². The van der Waals surface area contributed by atoms with Gasteiger partial charge >= 0.3 is 7.82 Å². The number of hydrogen-bond acceptors (Lipinski definition) is 5. The van der Waals surface area contributed by atoms with Crippen LogP contribution in [0.2, 0.25) is 0 Å². The van der Waals surface area contributed by atoms with Crippen LogP contribution in [0.1, 0.15) is 284 Å². The second kappa shape index (κ2) is 50.7. The molecular weight excluding hydrogens is 864 g/mol. The number of allylic oxidation sites excluding steroid dienone is 5. The monoisotopic (exact) mass is 980 g/mol. The van der Waals surface area contributed by atoms with Gasteiger partial charge in [-0.3, -0.25) is 13.8 Å². The molecule has 0 aliphatic rings. The smallest absolute Gasteiger partial charge is 0.387 e. The Balaban J connectivity index is 4.23. The SMILES string of the molecule is CCCCCCCCCCCCCC/C=C\CCCCCCCCCCCC(=O)NC(COP(=O)(O)OCC[N+](C)(C)C)C(O)/C=C/CC/C=C/CCCCCCCCCCCCCCCCC. The van der Waals surface area contributed by atoms with Crippen molar-refractivity contribution in [1.29, 1.82) is 0 Å². The van der Waals surface area contributed by atoms with Crippen molar-refractivity contribution in [2.75, 3.05) is 40.9 Å². The first kappa shape index (κ1) is 66.7. The van der Waals surface area contributed by atoms with Crippen LogP contribution in [0.15, 0.2) is 36.5 Å². The fraction of sp³-hybridized carbons (Fsp3) is 0.881. The van der Waals surface area contributed by atoms with E-state index in [1.165, 1.54) is 225 Å². The fourth-order valence-electron chi connectivity index (χ4n) is 8.70. The first-order valence-corrected chi connectivity index (χ1v) is 30.9. The normalized spacial score (nSPS) is 14.2. The Labute approximate surface area is 423 Å². The summed E-state index contributed by atoms with van der Waals surface area (Å²) in [5, 5.41) is 13.9. The highest BCUT2D eigenvalue weighted by Gasteiger charge is 2.27. The van der Waals surface area contributed by atoms with Crippen LogP contribution < -0.4 is 5.32 Å². The van der Waals surface area contributed by atoms with Gasteiger partial charge in [-0.05, 0) is 57.8 Å². The Kier molecular flexibility index (Phi) is 49.7. The Morgan fingerprint density at radius 2 is 0.809 bits per heavy atom. The van der Waals surface area contributed by atoms with Gasteiger partial charge in [0.15, 0.2) is 0 Å². The molecule has 3 unspecified atom stereocenters. The van der Waals surface area contributed by atoms with Crippen molar-refractivity contribution in [3.63, 3.8) is 0 Å². The lowest BCUT2D eigenvalue weighted by atomic mass is 10.0. The first-order valence-electron chi connectivity index (χ1n) is 29.4. The summed E-state index contributed by atoms with van der Waals surface area (Å²) in [5.74, 6) is -0.186. The molecule has 3 N–H and O–H groups in total. The lowest BCUT2D eigenvalue weighted by Crippen LogP contribution is -2.45. The fourth-order valence-corrected chi connectivity index (χ4v) is 9.44. The second-order valence-corrected chi connectivity index (χ2v) is 22.8. The van der Waals surface area contributed by atoms with Crippen molar-refractivity contribution in [3.05, 3.63) is 36.5 Å². The molecule has 0 radical (unpaired) electrons. The van der Waals surface area contributed by atoms with Crippen molar-refractivity contribution in [2.24, 2.45) is 0 Å². The lowest BCUT2D eigenvalue weighted by Gasteiger charge is -2.25. The van der Waals surface area contributed by atoms with Crippen molar-refractivity contribution in [2.45, 2.75) is 296 Å². The van der Waals surface area contributed by atoms with E-state index in [9.17, 15) is 19.4 Å². The average molecular weight is 981 g/mol. The minimum atomic E-state index is -4.36. The van der Waals surface area contributed by atoms with E-state index in [2.05, 4.69) is 43.5 Å². The molecule has 0 rings (SSSR count). The Bertz CT molecular complexity index is 1200. The zero-order valence-corrected chi connectivity index (χ0v) is 46.8. The maximum absolute atomic E-state index is 13.0. The number of aliphatic hydroxyl groups excluding tert-OH is 1. The van der Waals surface area contributed by atoms with Crippen LogP contribution >= 0.6 is 7.82 Å². The summed E-state index contributed by atoms with van der Waals surface area (Å²) in [6.45, 7) is 4.83. The number of phosphoric acid groups is 1. The zero-order chi connectivity index (χ0) is 49.9. The molecule has 0 aliphatic heterocycles. The molecule has 68 heavy (non-hydrogen) atoms. The molecule has 0 saturated carbocycles. The number of unbranched alkanes of at least 4 members (excludes halogenated alkanes) is 37. The quantitative estimate of drug-likeness (QED) is 0.0243. The first-order chi connectivity index (χ1) is 33.0. The summed E-state index contributed by atoms with van der Waals surface area (Å²) in [7, 11) is 1.56. The van der Waals surface area contributed by atoms with Crippen LogP contribution in [0.25, 0.3) is 0 Å². The Morgan fingerprint density at radius 3 is 1.18 bits per heavy atom. The molecule has 0 spiro atoms. The standard InChI is InChI=1S/C59H115N2O6P/c1-6-8-10-12-14-16-18-20-22-24-26-28-29-30-31-33-35-37-39-41-43-45-47-49-51-53-59(63)60-57(56-67-68(64,65)66-55-54-61(3,4)5)58(62)52-50-48-46-44-42-40-38-36-34-32-27-25-23-21-19-17-15-13-11-9-7-2/h30-31,42,44,50,52,57-58,62H,6-29,32-41,43,45-49,51,53-56H2,1-5H3,(H-,60,63,64,65)/p+1/b31-30-,44-42+,52-50+. The highest BCUT2D eigenvalue weighted by Crippen LogP contribution is 2.43. The number of hydrogen-bond donors (Lipinski definition) is 3. The highest BCUT2D eigenvalue weighted by atomic mass is 31.2. The molecule has 0 aromatic heterocycles. The van der Waals surface area contributed by atoms with E-state index in [0.29, 0.717) is 17.4 Å². The summed E-state index contributed by atoms with van der Waals surface area (Å²) in [6, 6.07) is -0.864. The number of quaternary nitrogens is 1. The Hall–Kier alpha value is -1.28. The van der Waals surface area contributed by atoms with Gasteiger partial charge in [0.05, 0.1) is 39.9 Å². The van der Waals surface area contributed by atoms with Crippen molar-refractivity contribution < 1.29 is 32.9 Å². The van der Waals surface area contributed by atoms with Crippen LogP contribution in [0.3, 0.4) is 0 Å². The number of carbonyl (C=O) groups excluding carboxylic acids is 1. The summed E-state index contributed by atoms with van der Waals surface area (Å²) < 4.78 is 23.7. The van der Waals surface area contributed by atoms with Crippen molar-refractivity contribution >= 4 is 13.7 Å². The molecule has 0 bridgehead atoms. The third-order valence-electron chi connectivity index (χ3n) is 13.3. The van der Waals surface area contributed by atoms with Gasteiger partial charge < -0.3 is 19.8 Å². The average Bonchev–Trinajstić information content (AvgIpc) is 3.30. The Morgan fingerprint density at radius 1 is 0.485 bits per heavy atom. The molecule has 0 aromatic rings. The third-order valence-corrected chi connectivity index (χ3v) is 14.3. The van der Waals surface area contributed by atoms with Gasteiger partial charge in [-0.25, -0.2) is 4.57 Å². The number of carbonyl (C=O) groups is 1. The van der Waals surface area contributed by atoms with E-state index in [4.69, 9.17) is 9.05 Å². The van der Waals surface area contributed by atoms with Gasteiger partial charge in [-0.2, -0.15) is 0 Å². The molecular formula is C59H116N2O6P+. The van der Waals surface area contributed by atoms with Crippen LogP contribution in [0, 0.1) is 0 Å². The number of nitrogens with one attached hydrogen (secondary N) is 1. The number of rotatable bonds is 54. The van der Waals surface area contributed by atoms with Crippen molar-refractivity contribution in [3.8, 4) is 0 Å². The van der Waals surface area contributed by atoms with Gasteiger partial charge in [0.25, 0.3) is 0 Å². The van der Waals surface area contributed by atoms with Crippen LogP contribution in [0.5, 0.6) is 0 Å². The maximum atomic E-state index is 13.0. The van der Waals surface area contributed by atoms with Gasteiger partial charge in [0.2, 0.25) is 5.91 Å². The zero-order valence-electron chi connectivity index (χ0n) is 45.9. The summed E-state index contributed by atoms with van der Waals surface area (Å²) in [4.78, 5) is 23.3. The minimum Gasteiger partial charge on any atom is -0.387 e. The minimum absolute atomic E-state index is 0.0565. The molecule has 0 saturated heterocycles. The lowest BCUT2D eigenvalue weighted by molar-refractivity contribution is -0.870. The highest BCUT2D eigenvalue weighted by molar-refractivity contribution is 7.47. The number of phosphoric ester groups is 1. The number of nitrogens with zero attached hydrogens (tertiary/aromatic N) is 1. The van der Waals surface area contributed by atoms with E-state index in [-0.39, 0.29) is 19.1 Å². The molecule has 9 heteroatoms. The van der Waals surface area contributed by atoms with Crippen LogP contribution in [-0.4, -0.2) is 73.4 Å². The maximum Gasteiger partial charge on any atom is 0.472 e. The van der Waals surface area contributed by atoms with Gasteiger partial charge in [0.1, 0.15) is 13.2 Å². The van der Waals surface area contributed by atoms with Gasteiger partial charge in [-0.15, -0.1) is 0 Å². The van der Waals surface area contributed by atoms with Crippen molar-refractivity contribution in [1.82, 2.24) is 5.32 Å². The van der Waals surface area contributed by atoms with E-state index in [1.807, 2.05) is 27.2 Å². The summed E-state index contributed by atoms with van der Waals surface area (Å²) >= 11 is 0. The van der Waals surface area contributed by atoms with Gasteiger partial charge in [0, 0.05) is 6.42 Å². The van der Waals surface area contributed by atoms with E-state index in [1.54, 1.807) is 6.08 Å². The number of likely N-dealkylation sites (N-methyl/N-ethyl adjacent to an activating group) is 1. The van der Waals surface area contributed by atoms with Gasteiger partial charge in [-0.1, -0.05) is 256 Å². The molecule has 8 nitrogen and oxygen atoms in total. The topological polar surface area (TPSA) is 105 Å². The third kappa shape index (κ3) is 52.5. The molecule has 0 aliphatic carbocycles. The molecule has 3 atom stereocenters. The van der Waals surface area contributed by atoms with E-state index < -0.39 is 20.0 Å².